The first-order valence-electron chi connectivity index (χ1n) is 5.14. The Kier molecular flexibility index (Phi) is 4.34. The van der Waals surface area contributed by atoms with Gasteiger partial charge in [-0.3, -0.25) is 0 Å². The zero-order valence-electron chi connectivity index (χ0n) is 9.13. The molecule has 2 aromatic carbocycles. The molecule has 0 fully saturated rings. The van der Waals surface area contributed by atoms with Crippen molar-refractivity contribution in [3.63, 3.8) is 0 Å². The Labute approximate surface area is 126 Å². The summed E-state index contributed by atoms with van der Waals surface area (Å²) in [5, 5.41) is 0. The summed E-state index contributed by atoms with van der Waals surface area (Å²) < 4.78 is 28.0. The lowest BCUT2D eigenvalue weighted by Gasteiger charge is -2.15. The molecule has 0 spiro atoms. The Morgan fingerprint density at radius 2 is 1.78 bits per heavy atom. The number of rotatable bonds is 2. The van der Waals surface area contributed by atoms with E-state index < -0.39 is 17.7 Å². The molecule has 1 unspecified atom stereocenters. The van der Waals surface area contributed by atoms with Crippen molar-refractivity contribution in [1.29, 1.82) is 0 Å². The average Bonchev–Trinajstić information content (AvgIpc) is 2.35. The average molecular weight is 424 g/mol. The summed E-state index contributed by atoms with van der Waals surface area (Å²) in [6, 6.07) is 8.95. The van der Waals surface area contributed by atoms with Gasteiger partial charge < -0.3 is 5.73 Å². The molecule has 1 atom stereocenters. The zero-order valence-corrected chi connectivity index (χ0v) is 12.9. The third kappa shape index (κ3) is 2.89. The van der Waals surface area contributed by atoms with Crippen molar-refractivity contribution in [2.45, 2.75) is 6.04 Å². The number of halogens is 4. The second kappa shape index (κ2) is 5.63. The predicted octanol–water partition coefficient (Wildman–Crippen LogP) is 4.38. The number of benzene rings is 2. The molecule has 0 saturated carbocycles. The summed E-state index contributed by atoms with van der Waals surface area (Å²) in [6.07, 6.45) is 0. The van der Waals surface area contributed by atoms with E-state index in [0.717, 1.165) is 25.7 Å². The van der Waals surface area contributed by atoms with Crippen LogP contribution in [0.15, 0.2) is 40.9 Å². The van der Waals surface area contributed by atoms with Gasteiger partial charge in [0.1, 0.15) is 0 Å². The van der Waals surface area contributed by atoms with Gasteiger partial charge >= 0.3 is 0 Å². The maximum absolute atomic E-state index is 13.2. The highest BCUT2D eigenvalue weighted by Gasteiger charge is 2.14. The smallest absolute Gasteiger partial charge is 0.159 e. The Morgan fingerprint density at radius 3 is 2.44 bits per heavy atom. The first-order chi connectivity index (χ1) is 8.49. The molecule has 0 aliphatic rings. The van der Waals surface area contributed by atoms with Gasteiger partial charge in [-0.15, -0.1) is 0 Å². The standard InChI is InChI=1S/C13H9BrF2IN/c14-8-2-4-12(17)9(6-8)13(18)7-1-3-10(15)11(16)5-7/h1-6,13H,18H2. The Hall–Kier alpha value is -0.530. The Morgan fingerprint density at radius 1 is 1.06 bits per heavy atom. The lowest BCUT2D eigenvalue weighted by molar-refractivity contribution is 0.506. The summed E-state index contributed by atoms with van der Waals surface area (Å²) in [6.45, 7) is 0. The van der Waals surface area contributed by atoms with E-state index in [1.54, 1.807) is 0 Å². The minimum atomic E-state index is -0.882. The van der Waals surface area contributed by atoms with E-state index >= 15 is 0 Å². The molecule has 5 heteroatoms. The molecule has 2 rings (SSSR count). The van der Waals surface area contributed by atoms with Gasteiger partial charge in [-0.1, -0.05) is 22.0 Å². The van der Waals surface area contributed by atoms with Crippen molar-refractivity contribution in [2.24, 2.45) is 5.73 Å². The summed E-state index contributed by atoms with van der Waals surface area (Å²) in [4.78, 5) is 0. The van der Waals surface area contributed by atoms with Crippen LogP contribution < -0.4 is 5.73 Å². The van der Waals surface area contributed by atoms with Crippen LogP contribution in [0.3, 0.4) is 0 Å². The van der Waals surface area contributed by atoms with Crippen LogP contribution in [0.25, 0.3) is 0 Å². The third-order valence-corrected chi connectivity index (χ3v) is 4.07. The molecular weight excluding hydrogens is 415 g/mol. The van der Waals surface area contributed by atoms with E-state index in [-0.39, 0.29) is 0 Å². The van der Waals surface area contributed by atoms with Crippen molar-refractivity contribution in [1.82, 2.24) is 0 Å². The van der Waals surface area contributed by atoms with Gasteiger partial charge in [0.2, 0.25) is 0 Å². The van der Waals surface area contributed by atoms with Crippen molar-refractivity contribution < 1.29 is 8.78 Å². The van der Waals surface area contributed by atoms with Gasteiger partial charge in [0.25, 0.3) is 0 Å². The van der Waals surface area contributed by atoms with Crippen molar-refractivity contribution in [2.75, 3.05) is 0 Å². The third-order valence-electron chi connectivity index (χ3n) is 2.60. The summed E-state index contributed by atoms with van der Waals surface area (Å²) >= 11 is 5.54. The Balaban J connectivity index is 2.44. The van der Waals surface area contributed by atoms with Crippen LogP contribution in [-0.4, -0.2) is 0 Å². The monoisotopic (exact) mass is 423 g/mol. The molecular formula is C13H9BrF2IN. The lowest BCUT2D eigenvalue weighted by Crippen LogP contribution is -2.13. The van der Waals surface area contributed by atoms with E-state index in [9.17, 15) is 8.78 Å². The number of nitrogens with two attached hydrogens (primary N) is 1. The zero-order chi connectivity index (χ0) is 13.3. The molecule has 0 bridgehead atoms. The molecule has 0 aliphatic carbocycles. The van der Waals surface area contributed by atoms with E-state index in [1.807, 2.05) is 18.2 Å². The molecule has 0 heterocycles. The minimum absolute atomic E-state index is 0.482. The first kappa shape index (κ1) is 13.9. The summed E-state index contributed by atoms with van der Waals surface area (Å²) in [5.74, 6) is -1.75. The van der Waals surface area contributed by atoms with Gasteiger partial charge in [0.15, 0.2) is 11.6 Å². The first-order valence-corrected chi connectivity index (χ1v) is 7.01. The van der Waals surface area contributed by atoms with Crippen LogP contribution in [-0.2, 0) is 0 Å². The normalized spacial score (nSPS) is 12.5. The fraction of sp³-hybridized carbons (Fsp3) is 0.0769. The van der Waals surface area contributed by atoms with Crippen molar-refractivity contribution in [3.8, 4) is 0 Å². The van der Waals surface area contributed by atoms with Gasteiger partial charge in [0, 0.05) is 8.04 Å². The van der Waals surface area contributed by atoms with Gasteiger partial charge in [-0.2, -0.15) is 0 Å². The molecule has 0 aromatic heterocycles. The van der Waals surface area contributed by atoms with Crippen LogP contribution >= 0.6 is 38.5 Å². The SMILES string of the molecule is NC(c1ccc(F)c(F)c1)c1cc(Br)ccc1I. The maximum Gasteiger partial charge on any atom is 0.159 e. The fourth-order valence-corrected chi connectivity index (χ4v) is 2.69. The topological polar surface area (TPSA) is 26.0 Å². The quantitative estimate of drug-likeness (QED) is 0.712. The second-order valence-corrected chi connectivity index (χ2v) is 5.89. The number of hydrogen-bond acceptors (Lipinski definition) is 1. The molecule has 0 amide bonds. The molecule has 0 aliphatic heterocycles. The molecule has 94 valence electrons. The predicted molar refractivity (Wildman–Crippen MR) is 79.2 cm³/mol. The number of hydrogen-bond donors (Lipinski definition) is 1. The Bertz CT molecular complexity index is 589. The van der Waals surface area contributed by atoms with Crippen molar-refractivity contribution in [3.05, 3.63) is 67.2 Å². The van der Waals surface area contributed by atoms with Crippen LogP contribution in [0.5, 0.6) is 0 Å². The van der Waals surface area contributed by atoms with Crippen LogP contribution in [0, 0.1) is 15.2 Å². The van der Waals surface area contributed by atoms with Crippen LogP contribution in [0.2, 0.25) is 0 Å². The van der Waals surface area contributed by atoms with Gasteiger partial charge in [-0.05, 0) is 64.0 Å². The molecule has 0 radical (unpaired) electrons. The lowest BCUT2D eigenvalue weighted by atomic mass is 9.99. The van der Waals surface area contributed by atoms with Crippen molar-refractivity contribution >= 4 is 38.5 Å². The summed E-state index contributed by atoms with van der Waals surface area (Å²) in [5.41, 5.74) is 7.51. The van der Waals surface area contributed by atoms with E-state index in [2.05, 4.69) is 38.5 Å². The van der Waals surface area contributed by atoms with E-state index in [4.69, 9.17) is 5.73 Å². The molecule has 2 N–H and O–H groups in total. The highest BCUT2D eigenvalue weighted by molar-refractivity contribution is 14.1. The van der Waals surface area contributed by atoms with Gasteiger partial charge in [-0.25, -0.2) is 8.78 Å². The summed E-state index contributed by atoms with van der Waals surface area (Å²) in [7, 11) is 0. The second-order valence-electron chi connectivity index (χ2n) is 3.82. The molecule has 2 aromatic rings. The highest BCUT2D eigenvalue weighted by Crippen LogP contribution is 2.27. The van der Waals surface area contributed by atoms with E-state index in [0.29, 0.717) is 5.56 Å². The molecule has 1 nitrogen and oxygen atoms in total. The van der Waals surface area contributed by atoms with Crippen LogP contribution in [0.4, 0.5) is 8.78 Å². The molecule has 18 heavy (non-hydrogen) atoms. The highest BCUT2D eigenvalue weighted by atomic mass is 127. The van der Waals surface area contributed by atoms with Crippen LogP contribution in [0.1, 0.15) is 17.2 Å². The maximum atomic E-state index is 13.2. The van der Waals surface area contributed by atoms with Gasteiger partial charge in [0.05, 0.1) is 6.04 Å². The fourth-order valence-electron chi connectivity index (χ4n) is 1.64. The van der Waals surface area contributed by atoms with E-state index in [1.165, 1.54) is 6.07 Å². The molecule has 0 saturated heterocycles. The largest absolute Gasteiger partial charge is 0.320 e. The minimum Gasteiger partial charge on any atom is -0.320 e.